The fourth-order valence-corrected chi connectivity index (χ4v) is 2.07. The Bertz CT molecular complexity index is 833. The zero-order chi connectivity index (χ0) is 16.1. The second-order valence-corrected chi connectivity index (χ2v) is 4.93. The molecular weight excluding hydrogens is 292 g/mol. The van der Waals surface area contributed by atoms with E-state index < -0.39 is 5.97 Å². The van der Waals surface area contributed by atoms with E-state index in [1.165, 1.54) is 6.20 Å². The van der Waals surface area contributed by atoms with Crippen molar-refractivity contribution in [1.82, 2.24) is 9.97 Å². The molecule has 0 aliphatic rings. The second-order valence-electron chi connectivity index (χ2n) is 4.93. The minimum absolute atomic E-state index is 0.161. The van der Waals surface area contributed by atoms with Crippen molar-refractivity contribution in [2.24, 2.45) is 0 Å². The summed E-state index contributed by atoms with van der Waals surface area (Å²) in [5.41, 5.74) is 1.54. The number of aromatic nitrogens is 2. The molecule has 0 N–H and O–H groups in total. The van der Waals surface area contributed by atoms with Gasteiger partial charge >= 0.3 is 5.97 Å². The number of rotatable bonds is 5. The Hall–Kier alpha value is -2.95. The fraction of sp³-hybridized carbons (Fsp3) is 0.167. The standard InChI is InChI=1S/C18H16N2O3/c1-2-11-22-16-9-5-6-10-17(16)23-18(21)15-12-19-13-7-3-4-8-14(13)20-15/h3-10,12H,2,11H2,1H3. The van der Waals surface area contributed by atoms with Gasteiger partial charge in [-0.05, 0) is 30.7 Å². The van der Waals surface area contributed by atoms with Crippen molar-refractivity contribution in [3.05, 3.63) is 60.4 Å². The summed E-state index contributed by atoms with van der Waals surface area (Å²) in [6, 6.07) is 14.4. The number of fused-ring (bicyclic) bond motifs is 1. The predicted octanol–water partition coefficient (Wildman–Crippen LogP) is 3.64. The van der Waals surface area contributed by atoms with Crippen LogP contribution in [0.3, 0.4) is 0 Å². The smallest absolute Gasteiger partial charge is 0.364 e. The molecule has 0 aliphatic carbocycles. The number of hydrogen-bond donors (Lipinski definition) is 0. The van der Waals surface area contributed by atoms with Crippen LogP contribution in [0.25, 0.3) is 11.0 Å². The minimum atomic E-state index is -0.559. The van der Waals surface area contributed by atoms with Crippen molar-refractivity contribution in [2.75, 3.05) is 6.61 Å². The Morgan fingerprint density at radius 1 is 1.00 bits per heavy atom. The predicted molar refractivity (Wildman–Crippen MR) is 86.7 cm³/mol. The van der Waals surface area contributed by atoms with Crippen LogP contribution in [0.1, 0.15) is 23.8 Å². The van der Waals surface area contributed by atoms with Gasteiger partial charge in [-0.3, -0.25) is 4.98 Å². The topological polar surface area (TPSA) is 61.3 Å². The number of carbonyl (C=O) groups is 1. The number of carbonyl (C=O) groups excluding carboxylic acids is 1. The maximum absolute atomic E-state index is 12.3. The van der Waals surface area contributed by atoms with Crippen molar-refractivity contribution in [1.29, 1.82) is 0 Å². The quantitative estimate of drug-likeness (QED) is 0.532. The molecule has 0 radical (unpaired) electrons. The highest BCUT2D eigenvalue weighted by Crippen LogP contribution is 2.27. The monoisotopic (exact) mass is 308 g/mol. The highest BCUT2D eigenvalue weighted by Gasteiger charge is 2.14. The normalized spacial score (nSPS) is 10.5. The summed E-state index contributed by atoms with van der Waals surface area (Å²) in [6.07, 6.45) is 2.29. The lowest BCUT2D eigenvalue weighted by molar-refractivity contribution is 0.0722. The third-order valence-electron chi connectivity index (χ3n) is 3.17. The zero-order valence-electron chi connectivity index (χ0n) is 12.7. The van der Waals surface area contributed by atoms with Gasteiger partial charge in [0, 0.05) is 0 Å². The molecule has 3 rings (SSSR count). The molecule has 1 heterocycles. The van der Waals surface area contributed by atoms with E-state index in [1.54, 1.807) is 24.3 Å². The van der Waals surface area contributed by atoms with Gasteiger partial charge in [-0.25, -0.2) is 9.78 Å². The first-order chi connectivity index (χ1) is 11.3. The Morgan fingerprint density at radius 3 is 2.48 bits per heavy atom. The Kier molecular flexibility index (Phi) is 4.47. The Morgan fingerprint density at radius 2 is 1.70 bits per heavy atom. The molecule has 1 aromatic heterocycles. The Labute approximate surface area is 133 Å². The molecule has 0 saturated carbocycles. The van der Waals surface area contributed by atoms with E-state index in [0.717, 1.165) is 11.9 Å². The lowest BCUT2D eigenvalue weighted by Crippen LogP contribution is -2.12. The summed E-state index contributed by atoms with van der Waals surface area (Å²) in [6.45, 7) is 2.57. The van der Waals surface area contributed by atoms with Crippen molar-refractivity contribution < 1.29 is 14.3 Å². The molecule has 0 fully saturated rings. The average Bonchev–Trinajstić information content (AvgIpc) is 2.60. The lowest BCUT2D eigenvalue weighted by atomic mass is 10.3. The van der Waals surface area contributed by atoms with Crippen LogP contribution in [0.5, 0.6) is 11.5 Å². The van der Waals surface area contributed by atoms with E-state index in [9.17, 15) is 4.79 Å². The number of benzene rings is 2. The molecule has 0 bridgehead atoms. The molecule has 0 unspecified atom stereocenters. The lowest BCUT2D eigenvalue weighted by Gasteiger charge is -2.10. The minimum Gasteiger partial charge on any atom is -0.490 e. The summed E-state index contributed by atoms with van der Waals surface area (Å²) >= 11 is 0. The first kappa shape index (κ1) is 15.0. The molecule has 23 heavy (non-hydrogen) atoms. The summed E-state index contributed by atoms with van der Waals surface area (Å²) in [4.78, 5) is 20.8. The molecule has 2 aromatic carbocycles. The number of ether oxygens (including phenoxy) is 2. The summed E-state index contributed by atoms with van der Waals surface area (Å²) in [5, 5.41) is 0. The highest BCUT2D eigenvalue weighted by molar-refractivity contribution is 5.91. The van der Waals surface area contributed by atoms with Gasteiger partial charge in [-0.15, -0.1) is 0 Å². The molecule has 0 saturated heterocycles. The van der Waals surface area contributed by atoms with Gasteiger partial charge < -0.3 is 9.47 Å². The molecule has 0 atom stereocenters. The third kappa shape index (κ3) is 3.45. The van der Waals surface area contributed by atoms with E-state index in [1.807, 2.05) is 31.2 Å². The summed E-state index contributed by atoms with van der Waals surface area (Å²) in [5.74, 6) is 0.355. The van der Waals surface area contributed by atoms with Crippen LogP contribution in [0.4, 0.5) is 0 Å². The third-order valence-corrected chi connectivity index (χ3v) is 3.17. The summed E-state index contributed by atoms with van der Waals surface area (Å²) in [7, 11) is 0. The van der Waals surface area contributed by atoms with Crippen molar-refractivity contribution in [2.45, 2.75) is 13.3 Å². The van der Waals surface area contributed by atoms with E-state index >= 15 is 0 Å². The molecule has 3 aromatic rings. The molecule has 5 nitrogen and oxygen atoms in total. The molecule has 116 valence electrons. The van der Waals surface area contributed by atoms with Crippen LogP contribution in [-0.4, -0.2) is 22.5 Å². The van der Waals surface area contributed by atoms with Gasteiger partial charge in [0.2, 0.25) is 0 Å². The van der Waals surface area contributed by atoms with Crippen molar-refractivity contribution in [3.8, 4) is 11.5 Å². The maximum atomic E-state index is 12.3. The molecule has 0 aliphatic heterocycles. The zero-order valence-corrected chi connectivity index (χ0v) is 12.7. The summed E-state index contributed by atoms with van der Waals surface area (Å²) < 4.78 is 11.0. The number of nitrogens with zero attached hydrogens (tertiary/aromatic N) is 2. The van der Waals surface area contributed by atoms with Crippen LogP contribution >= 0.6 is 0 Å². The maximum Gasteiger partial charge on any atom is 0.364 e. The largest absolute Gasteiger partial charge is 0.490 e. The molecule has 5 heteroatoms. The SMILES string of the molecule is CCCOc1ccccc1OC(=O)c1cnc2ccccc2n1. The van der Waals surface area contributed by atoms with Gasteiger partial charge in [-0.2, -0.15) is 0 Å². The van der Waals surface area contributed by atoms with Crippen LogP contribution in [0.2, 0.25) is 0 Å². The molecule has 0 amide bonds. The Balaban J connectivity index is 1.83. The van der Waals surface area contributed by atoms with E-state index in [-0.39, 0.29) is 5.69 Å². The highest BCUT2D eigenvalue weighted by atomic mass is 16.6. The van der Waals surface area contributed by atoms with Gasteiger partial charge in [0.05, 0.1) is 23.8 Å². The number of esters is 1. The first-order valence-corrected chi connectivity index (χ1v) is 7.43. The van der Waals surface area contributed by atoms with Gasteiger partial charge in [0.15, 0.2) is 17.2 Å². The van der Waals surface area contributed by atoms with Gasteiger partial charge in [-0.1, -0.05) is 31.2 Å². The average molecular weight is 308 g/mol. The molecule has 0 spiro atoms. The first-order valence-electron chi connectivity index (χ1n) is 7.43. The van der Waals surface area contributed by atoms with E-state index in [4.69, 9.17) is 9.47 Å². The van der Waals surface area contributed by atoms with E-state index in [0.29, 0.717) is 23.6 Å². The fourth-order valence-electron chi connectivity index (χ4n) is 2.07. The van der Waals surface area contributed by atoms with Crippen LogP contribution in [0.15, 0.2) is 54.7 Å². The van der Waals surface area contributed by atoms with Gasteiger partial charge in [0.1, 0.15) is 0 Å². The van der Waals surface area contributed by atoms with Gasteiger partial charge in [0.25, 0.3) is 0 Å². The second kappa shape index (κ2) is 6.87. The molecular formula is C18H16N2O3. The van der Waals surface area contributed by atoms with Crippen LogP contribution in [0, 0.1) is 0 Å². The van der Waals surface area contributed by atoms with Crippen molar-refractivity contribution >= 4 is 17.0 Å². The number of para-hydroxylation sites is 4. The number of hydrogen-bond acceptors (Lipinski definition) is 5. The van der Waals surface area contributed by atoms with Crippen LogP contribution in [-0.2, 0) is 0 Å². The van der Waals surface area contributed by atoms with E-state index in [2.05, 4.69) is 9.97 Å². The van der Waals surface area contributed by atoms with Crippen molar-refractivity contribution in [3.63, 3.8) is 0 Å². The van der Waals surface area contributed by atoms with Crippen LogP contribution < -0.4 is 9.47 Å².